The van der Waals surface area contributed by atoms with E-state index in [2.05, 4.69) is 29.6 Å². The fraction of sp³-hybridized carbons (Fsp3) is 0.679. The predicted octanol–water partition coefficient (Wildman–Crippen LogP) is 5.07. The van der Waals surface area contributed by atoms with Crippen molar-refractivity contribution in [3.05, 3.63) is 35.9 Å². The summed E-state index contributed by atoms with van der Waals surface area (Å²) in [4.78, 5) is 41.0. The largest absolute Gasteiger partial charge is 0.351 e. The summed E-state index contributed by atoms with van der Waals surface area (Å²) in [7, 11) is 0. The number of hydrogen-bond donors (Lipinski definition) is 1. The molecule has 0 radical (unpaired) electrons. The molecule has 1 aromatic rings. The van der Waals surface area contributed by atoms with E-state index in [4.69, 9.17) is 0 Å². The van der Waals surface area contributed by atoms with Gasteiger partial charge in [-0.15, -0.1) is 0 Å². The molecule has 5 heteroatoms. The van der Waals surface area contributed by atoms with Crippen LogP contribution in [0.5, 0.6) is 0 Å². The number of benzene rings is 1. The Balaban J connectivity index is 1.71. The molecule has 1 unspecified atom stereocenters. The summed E-state index contributed by atoms with van der Waals surface area (Å²) in [6, 6.07) is 10.0. The van der Waals surface area contributed by atoms with E-state index < -0.39 is 17.4 Å². The first-order valence-corrected chi connectivity index (χ1v) is 13.0. The molecule has 5 nitrogen and oxygen atoms in total. The molecule has 1 aromatic carbocycles. The van der Waals surface area contributed by atoms with Gasteiger partial charge in [-0.1, -0.05) is 70.4 Å². The first-order valence-electron chi connectivity index (χ1n) is 13.0. The fourth-order valence-corrected chi connectivity index (χ4v) is 5.24. The van der Waals surface area contributed by atoms with Crippen LogP contribution in [0.2, 0.25) is 0 Å². The maximum atomic E-state index is 13.5. The van der Waals surface area contributed by atoms with Crippen LogP contribution in [0.1, 0.15) is 90.5 Å². The monoisotopic (exact) mass is 454 g/mol. The molecule has 2 atom stereocenters. The number of ketones is 1. The van der Waals surface area contributed by atoms with E-state index >= 15 is 0 Å². The van der Waals surface area contributed by atoms with Crippen LogP contribution in [0.4, 0.5) is 0 Å². The zero-order valence-corrected chi connectivity index (χ0v) is 20.8. The number of Topliss-reactive ketones (excluding diaryl/α,β-unsaturated/α-hetero) is 1. The van der Waals surface area contributed by atoms with E-state index in [0.717, 1.165) is 38.5 Å². The summed E-state index contributed by atoms with van der Waals surface area (Å²) >= 11 is 0. The first-order chi connectivity index (χ1) is 15.8. The Morgan fingerprint density at radius 3 is 2.33 bits per heavy atom. The fourth-order valence-electron chi connectivity index (χ4n) is 5.24. The topological polar surface area (TPSA) is 66.5 Å². The molecule has 2 aliphatic rings. The Labute approximate surface area is 199 Å². The lowest BCUT2D eigenvalue weighted by Gasteiger charge is -2.38. The van der Waals surface area contributed by atoms with E-state index in [0.29, 0.717) is 25.3 Å². The molecule has 33 heavy (non-hydrogen) atoms. The van der Waals surface area contributed by atoms with Gasteiger partial charge < -0.3 is 10.2 Å². The van der Waals surface area contributed by atoms with Crippen molar-refractivity contribution in [3.8, 4) is 0 Å². The van der Waals surface area contributed by atoms with Gasteiger partial charge in [-0.3, -0.25) is 14.4 Å². The molecule has 1 aliphatic carbocycles. The lowest BCUT2D eigenvalue weighted by Crippen LogP contribution is -2.57. The van der Waals surface area contributed by atoms with Gasteiger partial charge in [0, 0.05) is 18.0 Å². The first kappa shape index (κ1) is 25.5. The molecule has 2 amide bonds. The summed E-state index contributed by atoms with van der Waals surface area (Å²) in [5.41, 5.74) is 0.588. The number of carbonyl (C=O) groups is 3. The van der Waals surface area contributed by atoms with Gasteiger partial charge in [0.1, 0.15) is 6.04 Å². The SMILES string of the molecule is CCC(C)(C)C(=O)C(=O)N1CCCCC1C(=O)N[C@H](CCc1ccccc1)C1CCCCC1. The Morgan fingerprint density at radius 1 is 1.00 bits per heavy atom. The quantitative estimate of drug-likeness (QED) is 0.530. The maximum Gasteiger partial charge on any atom is 0.291 e. The third-order valence-electron chi connectivity index (χ3n) is 7.89. The molecule has 3 rings (SSSR count). The Morgan fingerprint density at radius 2 is 1.67 bits per heavy atom. The van der Waals surface area contributed by atoms with E-state index in [1.54, 1.807) is 4.90 Å². The van der Waals surface area contributed by atoms with Crippen LogP contribution in [0.25, 0.3) is 0 Å². The number of amides is 2. The van der Waals surface area contributed by atoms with Crippen LogP contribution >= 0.6 is 0 Å². The second-order valence-electron chi connectivity index (χ2n) is 10.6. The molecule has 1 saturated heterocycles. The van der Waals surface area contributed by atoms with Gasteiger partial charge in [-0.25, -0.2) is 0 Å². The number of piperidine rings is 1. The molecule has 1 saturated carbocycles. The van der Waals surface area contributed by atoms with Crippen molar-refractivity contribution in [2.45, 2.75) is 103 Å². The zero-order valence-electron chi connectivity index (χ0n) is 20.8. The smallest absolute Gasteiger partial charge is 0.291 e. The van der Waals surface area contributed by atoms with Gasteiger partial charge in [0.25, 0.3) is 5.91 Å². The van der Waals surface area contributed by atoms with Gasteiger partial charge in [0.15, 0.2) is 0 Å². The summed E-state index contributed by atoms with van der Waals surface area (Å²) in [6.45, 7) is 6.04. The standard InChI is InChI=1S/C28H42N2O3/c1-4-28(2,3)25(31)27(33)30-20-12-11-17-24(30)26(32)29-23(22-15-9-6-10-16-22)19-18-21-13-7-5-8-14-21/h5,7-8,13-14,22-24H,4,6,9-12,15-20H2,1-3H3,(H,29,32)/t23-,24?/m1/s1. The van der Waals surface area contributed by atoms with Crippen LogP contribution < -0.4 is 5.32 Å². The number of rotatable bonds is 9. The van der Waals surface area contributed by atoms with E-state index in [1.165, 1.54) is 24.8 Å². The van der Waals surface area contributed by atoms with Crippen molar-refractivity contribution < 1.29 is 14.4 Å². The maximum absolute atomic E-state index is 13.5. The molecular formula is C28H42N2O3. The van der Waals surface area contributed by atoms with Crippen LogP contribution in [0.15, 0.2) is 30.3 Å². The van der Waals surface area contributed by atoms with Gasteiger partial charge in [0.05, 0.1) is 0 Å². The average Bonchev–Trinajstić information content (AvgIpc) is 2.86. The molecule has 2 fully saturated rings. The summed E-state index contributed by atoms with van der Waals surface area (Å²) in [5.74, 6) is -0.452. The number of hydrogen-bond acceptors (Lipinski definition) is 3. The molecule has 0 bridgehead atoms. The van der Waals surface area contributed by atoms with Gasteiger partial charge in [-0.2, -0.15) is 0 Å². The third kappa shape index (κ3) is 6.68. The second kappa shape index (κ2) is 11.8. The highest BCUT2D eigenvalue weighted by atomic mass is 16.2. The van der Waals surface area contributed by atoms with E-state index in [-0.39, 0.29) is 17.7 Å². The van der Waals surface area contributed by atoms with Crippen molar-refractivity contribution in [3.63, 3.8) is 0 Å². The molecule has 1 aliphatic heterocycles. The second-order valence-corrected chi connectivity index (χ2v) is 10.6. The van der Waals surface area contributed by atoms with E-state index in [1.807, 2.05) is 26.8 Å². The summed E-state index contributed by atoms with van der Waals surface area (Å²) in [6.07, 6.45) is 10.8. The molecule has 1 N–H and O–H groups in total. The van der Waals surface area contributed by atoms with Crippen LogP contribution in [-0.2, 0) is 20.8 Å². The van der Waals surface area contributed by atoms with Gasteiger partial charge >= 0.3 is 0 Å². The van der Waals surface area contributed by atoms with Gasteiger partial charge in [0.2, 0.25) is 11.7 Å². The van der Waals surface area contributed by atoms with Crippen LogP contribution in [-0.4, -0.2) is 41.1 Å². The minimum absolute atomic E-state index is 0.0752. The molecular weight excluding hydrogens is 412 g/mol. The van der Waals surface area contributed by atoms with Crippen molar-refractivity contribution in [1.29, 1.82) is 0 Å². The third-order valence-corrected chi connectivity index (χ3v) is 7.89. The zero-order chi connectivity index (χ0) is 23.8. The minimum atomic E-state index is -0.699. The molecule has 1 heterocycles. The summed E-state index contributed by atoms with van der Waals surface area (Å²) < 4.78 is 0. The molecule has 182 valence electrons. The summed E-state index contributed by atoms with van der Waals surface area (Å²) in [5, 5.41) is 3.36. The Hall–Kier alpha value is -2.17. The van der Waals surface area contributed by atoms with Crippen LogP contribution in [0.3, 0.4) is 0 Å². The number of aryl methyl sites for hydroxylation is 1. The van der Waals surface area contributed by atoms with Gasteiger partial charge in [-0.05, 0) is 62.8 Å². The lowest BCUT2D eigenvalue weighted by molar-refractivity contribution is -0.154. The Kier molecular flexibility index (Phi) is 9.10. The van der Waals surface area contributed by atoms with Crippen LogP contribution in [0, 0.1) is 11.3 Å². The van der Waals surface area contributed by atoms with E-state index in [9.17, 15) is 14.4 Å². The number of carbonyl (C=O) groups excluding carboxylic acids is 3. The number of nitrogens with one attached hydrogen (secondary N) is 1. The average molecular weight is 455 g/mol. The minimum Gasteiger partial charge on any atom is -0.351 e. The lowest BCUT2D eigenvalue weighted by atomic mass is 9.81. The Bertz CT molecular complexity index is 799. The highest BCUT2D eigenvalue weighted by molar-refractivity contribution is 6.38. The van der Waals surface area contributed by atoms with Crippen molar-refractivity contribution in [2.75, 3.05) is 6.54 Å². The highest BCUT2D eigenvalue weighted by Crippen LogP contribution is 2.30. The van der Waals surface area contributed by atoms with Crippen molar-refractivity contribution in [2.24, 2.45) is 11.3 Å². The normalized spacial score (nSPS) is 20.8. The predicted molar refractivity (Wildman–Crippen MR) is 132 cm³/mol. The number of likely N-dealkylation sites (tertiary alicyclic amines) is 1. The molecule has 0 aromatic heterocycles. The number of nitrogens with zero attached hydrogens (tertiary/aromatic N) is 1. The molecule has 0 spiro atoms. The van der Waals surface area contributed by atoms with Crippen molar-refractivity contribution in [1.82, 2.24) is 10.2 Å². The highest BCUT2D eigenvalue weighted by Gasteiger charge is 2.40. The van der Waals surface area contributed by atoms with Crippen molar-refractivity contribution >= 4 is 17.6 Å².